The maximum atomic E-state index is 6.13. The lowest BCUT2D eigenvalue weighted by Gasteiger charge is -2.18. The van der Waals surface area contributed by atoms with Crippen molar-refractivity contribution < 1.29 is 4.74 Å². The number of hydrogen-bond acceptors (Lipinski definition) is 5. The first-order chi connectivity index (χ1) is 15.1. The summed E-state index contributed by atoms with van der Waals surface area (Å²) in [5, 5.41) is 0.758. The minimum Gasteiger partial charge on any atom is -0.492 e. The molecule has 2 heterocycles. The van der Waals surface area contributed by atoms with Gasteiger partial charge >= 0.3 is 0 Å². The van der Waals surface area contributed by atoms with Crippen molar-refractivity contribution in [2.24, 2.45) is 0 Å². The second kappa shape index (κ2) is 9.73. The fourth-order valence-corrected chi connectivity index (χ4v) is 4.31. The SMILES string of the molecule is CSn1c(-c2nccc(OCCN(C)Cc3ccc(Cl)cc3)c2C)nc2ccccc21. The molecular weight excluding hydrogens is 428 g/mol. The van der Waals surface area contributed by atoms with Gasteiger partial charge in [0.05, 0.1) is 11.0 Å². The number of hydrogen-bond donors (Lipinski definition) is 0. The second-order valence-electron chi connectivity index (χ2n) is 7.40. The number of nitrogens with zero attached hydrogens (tertiary/aromatic N) is 4. The molecule has 7 heteroatoms. The van der Waals surface area contributed by atoms with E-state index >= 15 is 0 Å². The van der Waals surface area contributed by atoms with Gasteiger partial charge in [-0.2, -0.15) is 0 Å². The Morgan fingerprint density at radius 1 is 1.10 bits per heavy atom. The van der Waals surface area contributed by atoms with E-state index in [-0.39, 0.29) is 0 Å². The Morgan fingerprint density at radius 3 is 2.65 bits per heavy atom. The molecule has 4 aromatic rings. The zero-order valence-electron chi connectivity index (χ0n) is 17.9. The van der Waals surface area contributed by atoms with Gasteiger partial charge in [0.15, 0.2) is 5.82 Å². The van der Waals surface area contributed by atoms with Crippen LogP contribution in [0.2, 0.25) is 5.02 Å². The molecule has 0 spiro atoms. The topological polar surface area (TPSA) is 43.2 Å². The fourth-order valence-electron chi connectivity index (χ4n) is 3.53. The maximum Gasteiger partial charge on any atom is 0.170 e. The van der Waals surface area contributed by atoms with Gasteiger partial charge in [-0.1, -0.05) is 35.9 Å². The lowest BCUT2D eigenvalue weighted by Crippen LogP contribution is -2.24. The molecule has 4 rings (SSSR count). The van der Waals surface area contributed by atoms with Gasteiger partial charge in [-0.3, -0.25) is 13.9 Å². The van der Waals surface area contributed by atoms with Crippen molar-refractivity contribution in [3.8, 4) is 17.3 Å². The minimum absolute atomic E-state index is 0.591. The lowest BCUT2D eigenvalue weighted by molar-refractivity contribution is 0.232. The molecule has 0 saturated carbocycles. The number of rotatable bonds is 8. The van der Waals surface area contributed by atoms with Crippen LogP contribution in [-0.2, 0) is 6.54 Å². The molecule has 0 aliphatic carbocycles. The highest BCUT2D eigenvalue weighted by atomic mass is 35.5. The van der Waals surface area contributed by atoms with Crippen molar-refractivity contribution in [1.29, 1.82) is 0 Å². The monoisotopic (exact) mass is 452 g/mol. The number of imidazole rings is 1. The molecule has 0 aliphatic heterocycles. The smallest absolute Gasteiger partial charge is 0.170 e. The van der Waals surface area contributed by atoms with Gasteiger partial charge in [-0.15, -0.1) is 0 Å². The molecule has 0 N–H and O–H groups in total. The first-order valence-corrected chi connectivity index (χ1v) is 11.7. The van der Waals surface area contributed by atoms with Crippen LogP contribution >= 0.6 is 23.5 Å². The van der Waals surface area contributed by atoms with E-state index in [0.29, 0.717) is 6.61 Å². The van der Waals surface area contributed by atoms with Crippen molar-refractivity contribution in [2.75, 3.05) is 26.5 Å². The molecular formula is C24H25ClN4OS. The highest BCUT2D eigenvalue weighted by Crippen LogP contribution is 2.32. The lowest BCUT2D eigenvalue weighted by atomic mass is 10.2. The summed E-state index contributed by atoms with van der Waals surface area (Å²) in [7, 11) is 2.09. The van der Waals surface area contributed by atoms with Gasteiger partial charge in [-0.05, 0) is 61.8 Å². The highest BCUT2D eigenvalue weighted by molar-refractivity contribution is 7.97. The normalized spacial score (nSPS) is 11.4. The summed E-state index contributed by atoms with van der Waals surface area (Å²) in [6, 6.07) is 18.0. The minimum atomic E-state index is 0.591. The zero-order valence-corrected chi connectivity index (χ0v) is 19.5. The van der Waals surface area contributed by atoms with Crippen molar-refractivity contribution in [1.82, 2.24) is 18.8 Å². The quantitative estimate of drug-likeness (QED) is 0.343. The van der Waals surface area contributed by atoms with Crippen LogP contribution in [0.15, 0.2) is 60.8 Å². The summed E-state index contributed by atoms with van der Waals surface area (Å²) in [6.45, 7) is 4.29. The van der Waals surface area contributed by atoms with Gasteiger partial charge in [0.25, 0.3) is 0 Å². The number of likely N-dealkylation sites (N-methyl/N-ethyl adjacent to an activating group) is 1. The summed E-state index contributed by atoms with van der Waals surface area (Å²) in [6.07, 6.45) is 3.84. The Balaban J connectivity index is 1.46. The van der Waals surface area contributed by atoms with Crippen molar-refractivity contribution in [2.45, 2.75) is 13.5 Å². The molecule has 0 radical (unpaired) electrons. The molecule has 0 fully saturated rings. The van der Waals surface area contributed by atoms with Crippen LogP contribution in [0.3, 0.4) is 0 Å². The van der Waals surface area contributed by atoms with E-state index in [2.05, 4.69) is 39.1 Å². The van der Waals surface area contributed by atoms with Crippen molar-refractivity contribution in [3.05, 3.63) is 76.9 Å². The van der Waals surface area contributed by atoms with Crippen LogP contribution in [-0.4, -0.2) is 45.3 Å². The van der Waals surface area contributed by atoms with Gasteiger partial charge in [0, 0.05) is 36.1 Å². The Labute approximate surface area is 192 Å². The van der Waals surface area contributed by atoms with Crippen LogP contribution in [0.5, 0.6) is 5.75 Å². The summed E-state index contributed by atoms with van der Waals surface area (Å²) in [5.41, 5.74) is 5.11. The van der Waals surface area contributed by atoms with E-state index in [4.69, 9.17) is 21.3 Å². The first-order valence-electron chi connectivity index (χ1n) is 10.1. The van der Waals surface area contributed by atoms with Gasteiger partial charge < -0.3 is 4.74 Å². The van der Waals surface area contributed by atoms with E-state index in [9.17, 15) is 0 Å². The number of para-hydroxylation sites is 2. The predicted octanol–water partition coefficient (Wildman–Crippen LogP) is 5.70. The van der Waals surface area contributed by atoms with Gasteiger partial charge in [0.2, 0.25) is 0 Å². The van der Waals surface area contributed by atoms with E-state index < -0.39 is 0 Å². The van der Waals surface area contributed by atoms with Crippen molar-refractivity contribution in [3.63, 3.8) is 0 Å². The number of halogens is 1. The fraction of sp³-hybridized carbons (Fsp3) is 0.250. The number of ether oxygens (including phenoxy) is 1. The predicted molar refractivity (Wildman–Crippen MR) is 130 cm³/mol. The third-order valence-corrected chi connectivity index (χ3v) is 6.15. The van der Waals surface area contributed by atoms with E-state index in [1.165, 1.54) is 5.56 Å². The zero-order chi connectivity index (χ0) is 21.8. The van der Waals surface area contributed by atoms with Crippen LogP contribution in [0.25, 0.3) is 22.6 Å². The van der Waals surface area contributed by atoms with Crippen LogP contribution < -0.4 is 4.74 Å². The molecule has 0 bridgehead atoms. The Morgan fingerprint density at radius 2 is 1.87 bits per heavy atom. The van der Waals surface area contributed by atoms with Crippen molar-refractivity contribution >= 4 is 34.6 Å². The molecule has 0 saturated heterocycles. The van der Waals surface area contributed by atoms with Gasteiger partial charge in [-0.25, -0.2) is 4.98 Å². The molecule has 160 valence electrons. The molecule has 0 amide bonds. The van der Waals surface area contributed by atoms with E-state index in [1.54, 1.807) is 18.1 Å². The van der Waals surface area contributed by atoms with Crippen LogP contribution in [0.4, 0.5) is 0 Å². The Kier molecular flexibility index (Phi) is 6.80. The molecule has 31 heavy (non-hydrogen) atoms. The van der Waals surface area contributed by atoms with E-state index in [1.807, 2.05) is 49.6 Å². The molecule has 0 aliphatic rings. The molecule has 2 aromatic heterocycles. The molecule has 0 atom stereocenters. The Bertz CT molecular complexity index is 1180. The average Bonchev–Trinajstić information content (AvgIpc) is 3.15. The van der Waals surface area contributed by atoms with E-state index in [0.717, 1.165) is 52.0 Å². The van der Waals surface area contributed by atoms with Crippen LogP contribution in [0, 0.1) is 6.92 Å². The highest BCUT2D eigenvalue weighted by Gasteiger charge is 2.17. The maximum absolute atomic E-state index is 6.13. The molecule has 0 unspecified atom stereocenters. The summed E-state index contributed by atoms with van der Waals surface area (Å²) < 4.78 is 8.25. The molecule has 5 nitrogen and oxygen atoms in total. The number of aromatic nitrogens is 3. The average molecular weight is 453 g/mol. The summed E-state index contributed by atoms with van der Waals surface area (Å²) in [4.78, 5) is 11.7. The third kappa shape index (κ3) is 4.87. The first kappa shape index (κ1) is 21.7. The number of fused-ring (bicyclic) bond motifs is 1. The van der Waals surface area contributed by atoms with Gasteiger partial charge in [0.1, 0.15) is 18.1 Å². The summed E-state index contributed by atoms with van der Waals surface area (Å²) in [5.74, 6) is 1.68. The Hall–Kier alpha value is -2.54. The third-order valence-electron chi connectivity index (χ3n) is 5.16. The standard InChI is InChI=1S/C24H25ClN4OS/c1-17-22(30-15-14-28(2)16-18-8-10-19(25)11-9-18)12-13-26-23(17)24-27-20-6-4-5-7-21(20)29(24)31-3/h4-13H,14-16H2,1-3H3. The van der Waals surface area contributed by atoms with Crippen LogP contribution in [0.1, 0.15) is 11.1 Å². The number of benzene rings is 2. The number of pyridine rings is 1. The largest absolute Gasteiger partial charge is 0.492 e. The molecule has 2 aromatic carbocycles. The second-order valence-corrected chi connectivity index (χ2v) is 8.56. The summed E-state index contributed by atoms with van der Waals surface area (Å²) >= 11 is 7.59.